The van der Waals surface area contributed by atoms with E-state index in [1.807, 2.05) is 0 Å². The van der Waals surface area contributed by atoms with Gasteiger partial charge in [0.25, 0.3) is 0 Å². The third-order valence-electron chi connectivity index (χ3n) is 4.58. The van der Waals surface area contributed by atoms with Crippen LogP contribution in [0.4, 0.5) is 5.82 Å². The Hall–Kier alpha value is -1.20. The first-order valence-electron chi connectivity index (χ1n) is 7.31. The number of aromatic nitrogens is 2. The van der Waals surface area contributed by atoms with E-state index in [1.54, 1.807) is 17.7 Å². The molecule has 0 spiro atoms. The van der Waals surface area contributed by atoms with Gasteiger partial charge in [-0.15, -0.1) is 11.3 Å². The Bertz CT molecular complexity index is 572. The van der Waals surface area contributed by atoms with E-state index >= 15 is 0 Å². The molecule has 1 N–H and O–H groups in total. The highest BCUT2D eigenvalue weighted by Crippen LogP contribution is 2.33. The Labute approximate surface area is 124 Å². The summed E-state index contributed by atoms with van der Waals surface area (Å²) in [6, 6.07) is 2.10. The Morgan fingerprint density at radius 2 is 2.05 bits per heavy atom. The molecule has 1 aliphatic carbocycles. The van der Waals surface area contributed by atoms with E-state index in [9.17, 15) is 0 Å². The zero-order valence-corrected chi connectivity index (χ0v) is 13.0. The molecule has 2 heterocycles. The number of thiophene rings is 1. The van der Waals surface area contributed by atoms with Gasteiger partial charge in [-0.25, -0.2) is 9.97 Å². The number of hydrogen-bond donors (Lipinski definition) is 1. The predicted octanol–water partition coefficient (Wildman–Crippen LogP) is 3.37. The lowest BCUT2D eigenvalue weighted by atomic mass is 9.80. The highest BCUT2D eigenvalue weighted by atomic mass is 32.1. The van der Waals surface area contributed by atoms with E-state index in [4.69, 9.17) is 0 Å². The van der Waals surface area contributed by atoms with Gasteiger partial charge in [0.15, 0.2) is 0 Å². The van der Waals surface area contributed by atoms with E-state index in [0.29, 0.717) is 0 Å². The second-order valence-corrected chi connectivity index (χ2v) is 6.79. The van der Waals surface area contributed by atoms with E-state index in [-0.39, 0.29) is 5.54 Å². The first-order valence-corrected chi connectivity index (χ1v) is 8.19. The van der Waals surface area contributed by atoms with Crippen LogP contribution >= 0.6 is 11.3 Å². The maximum Gasteiger partial charge on any atom is 0.138 e. The lowest BCUT2D eigenvalue weighted by molar-refractivity contribution is 0.113. The second-order valence-electron chi connectivity index (χ2n) is 5.89. The predicted molar refractivity (Wildman–Crippen MR) is 85.4 cm³/mol. The summed E-state index contributed by atoms with van der Waals surface area (Å²) < 4.78 is 0. The van der Waals surface area contributed by atoms with Crippen molar-refractivity contribution in [1.82, 2.24) is 14.9 Å². The molecule has 0 unspecified atom stereocenters. The summed E-state index contributed by atoms with van der Waals surface area (Å²) in [5, 5.41) is 6.80. The maximum atomic E-state index is 4.42. The molecular weight excluding hydrogens is 268 g/mol. The molecule has 3 rings (SSSR count). The third-order valence-corrected chi connectivity index (χ3v) is 5.40. The van der Waals surface area contributed by atoms with E-state index in [2.05, 4.69) is 45.7 Å². The zero-order valence-electron chi connectivity index (χ0n) is 12.2. The molecule has 5 heteroatoms. The van der Waals surface area contributed by atoms with Gasteiger partial charge in [-0.05, 0) is 38.4 Å². The molecule has 1 aliphatic rings. The molecule has 2 aromatic heterocycles. The first-order chi connectivity index (χ1) is 9.71. The topological polar surface area (TPSA) is 41.0 Å². The van der Waals surface area contributed by atoms with Crippen LogP contribution in [0, 0.1) is 0 Å². The minimum Gasteiger partial charge on any atom is -0.368 e. The molecule has 0 amide bonds. The Morgan fingerprint density at radius 1 is 1.25 bits per heavy atom. The van der Waals surface area contributed by atoms with Crippen molar-refractivity contribution in [2.24, 2.45) is 0 Å². The molecule has 0 aromatic carbocycles. The number of rotatable bonds is 4. The summed E-state index contributed by atoms with van der Waals surface area (Å²) in [5.41, 5.74) is 0.269. The third kappa shape index (κ3) is 2.52. The van der Waals surface area contributed by atoms with Crippen molar-refractivity contribution in [3.05, 3.63) is 17.8 Å². The molecule has 2 aromatic rings. The Morgan fingerprint density at radius 3 is 2.80 bits per heavy atom. The van der Waals surface area contributed by atoms with Crippen molar-refractivity contribution in [2.45, 2.75) is 37.6 Å². The van der Waals surface area contributed by atoms with E-state index in [1.165, 1.54) is 32.1 Å². The minimum atomic E-state index is 0.269. The fourth-order valence-corrected chi connectivity index (χ4v) is 3.90. The number of anilines is 1. The molecule has 0 bridgehead atoms. The van der Waals surface area contributed by atoms with Crippen LogP contribution in [0.2, 0.25) is 0 Å². The second kappa shape index (κ2) is 5.66. The van der Waals surface area contributed by atoms with Crippen LogP contribution in [0.1, 0.15) is 32.1 Å². The minimum absolute atomic E-state index is 0.269. The van der Waals surface area contributed by atoms with Gasteiger partial charge in [-0.2, -0.15) is 0 Å². The van der Waals surface area contributed by atoms with Crippen molar-refractivity contribution < 1.29 is 0 Å². The standard InChI is InChI=1S/C15H22N4S/c1-19(2)15(7-4-3-5-8-15)10-16-13-12-6-9-20-14(12)18-11-17-13/h6,9,11H,3-5,7-8,10H2,1-2H3,(H,16,17,18). The van der Waals surface area contributed by atoms with Gasteiger partial charge in [0.05, 0.1) is 5.39 Å². The van der Waals surface area contributed by atoms with Gasteiger partial charge in [0.2, 0.25) is 0 Å². The average Bonchev–Trinajstić information content (AvgIpc) is 2.95. The van der Waals surface area contributed by atoms with Gasteiger partial charge < -0.3 is 10.2 Å². The molecule has 0 aliphatic heterocycles. The summed E-state index contributed by atoms with van der Waals surface area (Å²) in [5.74, 6) is 0.975. The van der Waals surface area contributed by atoms with Crippen molar-refractivity contribution in [3.8, 4) is 0 Å². The Balaban J connectivity index is 1.79. The normalized spacial score (nSPS) is 18.6. The molecule has 108 valence electrons. The zero-order chi connectivity index (χ0) is 14.0. The maximum absolute atomic E-state index is 4.42. The van der Waals surface area contributed by atoms with Crippen LogP contribution in [-0.4, -0.2) is 41.0 Å². The van der Waals surface area contributed by atoms with Gasteiger partial charge in [-0.3, -0.25) is 0 Å². The smallest absolute Gasteiger partial charge is 0.138 e. The van der Waals surface area contributed by atoms with Crippen molar-refractivity contribution in [3.63, 3.8) is 0 Å². The highest BCUT2D eigenvalue weighted by molar-refractivity contribution is 7.16. The summed E-state index contributed by atoms with van der Waals surface area (Å²) in [4.78, 5) is 12.2. The molecular formula is C15H22N4S. The molecule has 1 saturated carbocycles. The molecule has 20 heavy (non-hydrogen) atoms. The van der Waals surface area contributed by atoms with Crippen LogP contribution in [0.3, 0.4) is 0 Å². The number of fused-ring (bicyclic) bond motifs is 1. The molecule has 1 fully saturated rings. The largest absolute Gasteiger partial charge is 0.368 e. The van der Waals surface area contributed by atoms with Crippen LogP contribution < -0.4 is 5.32 Å². The molecule has 0 saturated heterocycles. The van der Waals surface area contributed by atoms with Crippen molar-refractivity contribution >= 4 is 27.4 Å². The lowest BCUT2D eigenvalue weighted by Crippen LogP contribution is -2.51. The monoisotopic (exact) mass is 290 g/mol. The van der Waals surface area contributed by atoms with Crippen molar-refractivity contribution in [2.75, 3.05) is 26.0 Å². The number of likely N-dealkylation sites (N-methyl/N-ethyl adjacent to an activating group) is 1. The lowest BCUT2D eigenvalue weighted by Gasteiger charge is -2.43. The summed E-state index contributed by atoms with van der Waals surface area (Å²) in [7, 11) is 4.40. The number of nitrogens with zero attached hydrogens (tertiary/aromatic N) is 3. The van der Waals surface area contributed by atoms with Gasteiger partial charge >= 0.3 is 0 Å². The summed E-state index contributed by atoms with van der Waals surface area (Å²) >= 11 is 1.67. The summed E-state index contributed by atoms with van der Waals surface area (Å²) in [6.07, 6.45) is 8.23. The van der Waals surface area contributed by atoms with Crippen LogP contribution in [0.15, 0.2) is 17.8 Å². The molecule has 0 radical (unpaired) electrons. The van der Waals surface area contributed by atoms with Crippen LogP contribution in [0.25, 0.3) is 10.2 Å². The van der Waals surface area contributed by atoms with Gasteiger partial charge in [0, 0.05) is 12.1 Å². The van der Waals surface area contributed by atoms with Crippen molar-refractivity contribution in [1.29, 1.82) is 0 Å². The SMILES string of the molecule is CN(C)C1(CNc2ncnc3sccc23)CCCCC1. The van der Waals surface area contributed by atoms with E-state index < -0.39 is 0 Å². The fourth-order valence-electron chi connectivity index (χ4n) is 3.17. The van der Waals surface area contributed by atoms with Crippen LogP contribution in [0.5, 0.6) is 0 Å². The molecule has 0 atom stereocenters. The van der Waals surface area contributed by atoms with E-state index in [0.717, 1.165) is 22.6 Å². The average molecular weight is 290 g/mol. The fraction of sp³-hybridized carbons (Fsp3) is 0.600. The van der Waals surface area contributed by atoms with Crippen LogP contribution in [-0.2, 0) is 0 Å². The Kier molecular flexibility index (Phi) is 3.89. The first kappa shape index (κ1) is 13.8. The number of hydrogen-bond acceptors (Lipinski definition) is 5. The quantitative estimate of drug-likeness (QED) is 0.937. The number of nitrogens with one attached hydrogen (secondary N) is 1. The van der Waals surface area contributed by atoms with Gasteiger partial charge in [0.1, 0.15) is 17.0 Å². The molecule has 4 nitrogen and oxygen atoms in total. The van der Waals surface area contributed by atoms with Gasteiger partial charge in [-0.1, -0.05) is 19.3 Å². The summed E-state index contributed by atoms with van der Waals surface area (Å²) in [6.45, 7) is 0.960. The highest BCUT2D eigenvalue weighted by Gasteiger charge is 2.34.